The van der Waals surface area contributed by atoms with E-state index in [4.69, 9.17) is 21.1 Å². The number of carbonyl (C=O) groups is 3. The summed E-state index contributed by atoms with van der Waals surface area (Å²) in [6, 6.07) is 24.6. The number of hydrazone groups is 1. The molecule has 0 aromatic heterocycles. The second-order valence-electron chi connectivity index (χ2n) is 8.58. The van der Waals surface area contributed by atoms with Crippen LogP contribution in [-0.4, -0.2) is 28.7 Å². The van der Waals surface area contributed by atoms with Gasteiger partial charge in [-0.15, -0.1) is 5.10 Å². The van der Waals surface area contributed by atoms with Gasteiger partial charge in [-0.2, -0.15) is 5.01 Å². The molecule has 0 fully saturated rings. The second-order valence-corrected chi connectivity index (χ2v) is 9.02. The largest absolute Gasteiger partial charge is 0.446 e. The highest BCUT2D eigenvalue weighted by Crippen LogP contribution is 2.36. The smallest absolute Gasteiger partial charge is 0.308 e. The van der Waals surface area contributed by atoms with Gasteiger partial charge in [0, 0.05) is 35.7 Å². The second kappa shape index (κ2) is 10.4. The van der Waals surface area contributed by atoms with Gasteiger partial charge in [0.15, 0.2) is 0 Å². The molecule has 2 amide bonds. The minimum atomic E-state index is -0.857. The van der Waals surface area contributed by atoms with Gasteiger partial charge < -0.3 is 14.8 Å². The maximum absolute atomic E-state index is 12.6. The molecule has 38 heavy (non-hydrogen) atoms. The summed E-state index contributed by atoms with van der Waals surface area (Å²) in [6.45, 7) is 2.70. The number of rotatable bonds is 5. The molecule has 0 aliphatic carbocycles. The van der Waals surface area contributed by atoms with Crippen LogP contribution in [0.4, 0.5) is 5.69 Å². The van der Waals surface area contributed by atoms with Gasteiger partial charge in [0.05, 0.1) is 5.56 Å². The van der Waals surface area contributed by atoms with Crippen LogP contribution >= 0.6 is 11.6 Å². The molecule has 190 valence electrons. The first-order valence-electron chi connectivity index (χ1n) is 11.7. The van der Waals surface area contributed by atoms with Crippen molar-refractivity contribution in [1.82, 2.24) is 5.01 Å². The van der Waals surface area contributed by atoms with Gasteiger partial charge in [-0.05, 0) is 47.2 Å². The average molecular weight is 528 g/mol. The molecule has 0 bridgehead atoms. The summed E-state index contributed by atoms with van der Waals surface area (Å²) in [5.74, 6) is -0.704. The Labute approximate surface area is 223 Å². The minimum absolute atomic E-state index is 0.150. The number of nitrogens with zero attached hydrogens (tertiary/aromatic N) is 2. The molecule has 1 aliphatic rings. The quantitative estimate of drug-likeness (QED) is 0.257. The first-order chi connectivity index (χ1) is 18.3. The Bertz CT molecular complexity index is 1600. The van der Waals surface area contributed by atoms with Crippen molar-refractivity contribution in [3.63, 3.8) is 0 Å². The van der Waals surface area contributed by atoms with Crippen LogP contribution in [0, 0.1) is 0 Å². The Kier molecular flexibility index (Phi) is 6.81. The lowest BCUT2D eigenvalue weighted by Gasteiger charge is -2.20. The number of halogens is 1. The van der Waals surface area contributed by atoms with Crippen LogP contribution in [0.15, 0.2) is 90.0 Å². The molecule has 0 saturated heterocycles. The van der Waals surface area contributed by atoms with Crippen molar-refractivity contribution in [2.75, 3.05) is 5.32 Å². The van der Waals surface area contributed by atoms with Crippen molar-refractivity contribution in [1.29, 1.82) is 0 Å². The van der Waals surface area contributed by atoms with Crippen molar-refractivity contribution in [2.24, 2.45) is 5.10 Å². The normalized spacial score (nSPS) is 14.6. The maximum Gasteiger partial charge on any atom is 0.308 e. The SMILES string of the molecule is CC(=O)Oc1ccc2ccccc2c1C1=NN(C(C)=O)[C@@H](c2ccc(NC(=O)c3cccc(Cl)c3)cc2)O1. The van der Waals surface area contributed by atoms with E-state index in [1.807, 2.05) is 30.3 Å². The zero-order valence-electron chi connectivity index (χ0n) is 20.5. The molecule has 1 aliphatic heterocycles. The van der Waals surface area contributed by atoms with E-state index in [-0.39, 0.29) is 23.5 Å². The molecule has 0 saturated carbocycles. The van der Waals surface area contributed by atoms with E-state index >= 15 is 0 Å². The topological polar surface area (TPSA) is 97.3 Å². The van der Waals surface area contributed by atoms with E-state index in [0.29, 0.717) is 27.4 Å². The number of anilines is 1. The standard InChI is InChI=1S/C29H22ClN3O5/c1-17(34)33-29(20-10-13-23(14-11-20)31-27(36)21-7-5-8-22(30)16-21)38-28(32-33)26-24-9-4-3-6-19(24)12-15-25(26)37-18(2)35/h3-16,29H,1-2H3,(H,31,36)/t29-/m1/s1. The summed E-state index contributed by atoms with van der Waals surface area (Å²) in [5, 5.41) is 10.6. The van der Waals surface area contributed by atoms with Gasteiger partial charge in [0.1, 0.15) is 5.75 Å². The fourth-order valence-electron chi connectivity index (χ4n) is 4.16. The molecule has 4 aromatic rings. The van der Waals surface area contributed by atoms with Crippen LogP contribution in [-0.2, 0) is 14.3 Å². The zero-order valence-corrected chi connectivity index (χ0v) is 21.2. The molecule has 8 nitrogen and oxygen atoms in total. The Morgan fingerprint density at radius 3 is 2.42 bits per heavy atom. The number of hydrogen-bond donors (Lipinski definition) is 1. The lowest BCUT2D eigenvalue weighted by Crippen LogP contribution is -2.25. The Balaban J connectivity index is 1.44. The fraction of sp³-hybridized carbons (Fsp3) is 0.103. The monoisotopic (exact) mass is 527 g/mol. The van der Waals surface area contributed by atoms with E-state index in [0.717, 1.165) is 10.8 Å². The number of benzene rings is 4. The summed E-state index contributed by atoms with van der Waals surface area (Å²) in [7, 11) is 0. The minimum Gasteiger partial charge on any atom is -0.446 e. The van der Waals surface area contributed by atoms with E-state index in [1.165, 1.54) is 18.9 Å². The van der Waals surface area contributed by atoms with Crippen molar-refractivity contribution in [2.45, 2.75) is 20.1 Å². The number of ether oxygens (including phenoxy) is 2. The molecule has 0 spiro atoms. The van der Waals surface area contributed by atoms with Crippen molar-refractivity contribution in [3.8, 4) is 5.75 Å². The van der Waals surface area contributed by atoms with Crippen molar-refractivity contribution < 1.29 is 23.9 Å². The molecular formula is C29H22ClN3O5. The van der Waals surface area contributed by atoms with Crippen LogP contribution in [0.3, 0.4) is 0 Å². The number of carbonyl (C=O) groups excluding carboxylic acids is 3. The summed E-state index contributed by atoms with van der Waals surface area (Å²) < 4.78 is 11.7. The summed E-state index contributed by atoms with van der Waals surface area (Å²) in [5.41, 5.74) is 2.09. The van der Waals surface area contributed by atoms with E-state index in [9.17, 15) is 14.4 Å². The van der Waals surface area contributed by atoms with Gasteiger partial charge in [0.2, 0.25) is 18.0 Å². The maximum atomic E-state index is 12.6. The van der Waals surface area contributed by atoms with E-state index < -0.39 is 12.2 Å². The molecule has 1 heterocycles. The van der Waals surface area contributed by atoms with Crippen LogP contribution in [0.2, 0.25) is 5.02 Å². The highest BCUT2D eigenvalue weighted by Gasteiger charge is 2.35. The summed E-state index contributed by atoms with van der Waals surface area (Å²) in [6.07, 6.45) is -0.857. The van der Waals surface area contributed by atoms with Crippen LogP contribution < -0.4 is 10.1 Å². The van der Waals surface area contributed by atoms with Crippen molar-refractivity contribution >= 4 is 51.7 Å². The summed E-state index contributed by atoms with van der Waals surface area (Å²) in [4.78, 5) is 36.9. The van der Waals surface area contributed by atoms with Crippen molar-refractivity contribution in [3.05, 3.63) is 107 Å². The third-order valence-corrected chi connectivity index (χ3v) is 6.10. The van der Waals surface area contributed by atoms with Gasteiger partial charge in [0.25, 0.3) is 5.91 Å². The molecule has 1 atom stereocenters. The molecule has 0 unspecified atom stereocenters. The lowest BCUT2D eigenvalue weighted by molar-refractivity contribution is -0.135. The predicted octanol–water partition coefficient (Wildman–Crippen LogP) is 5.91. The molecule has 9 heteroatoms. The average Bonchev–Trinajstić information content (AvgIpc) is 3.34. The van der Waals surface area contributed by atoms with Crippen LogP contribution in [0.1, 0.15) is 41.6 Å². The number of amides is 2. The molecular weight excluding hydrogens is 506 g/mol. The number of hydrogen-bond acceptors (Lipinski definition) is 6. The fourth-order valence-corrected chi connectivity index (χ4v) is 4.35. The Morgan fingerprint density at radius 2 is 1.71 bits per heavy atom. The highest BCUT2D eigenvalue weighted by molar-refractivity contribution is 6.31. The Morgan fingerprint density at radius 1 is 0.947 bits per heavy atom. The lowest BCUT2D eigenvalue weighted by atomic mass is 10.0. The third-order valence-electron chi connectivity index (χ3n) is 5.87. The van der Waals surface area contributed by atoms with E-state index in [2.05, 4.69) is 10.4 Å². The molecule has 1 N–H and O–H groups in total. The van der Waals surface area contributed by atoms with Gasteiger partial charge in [-0.3, -0.25) is 14.4 Å². The van der Waals surface area contributed by atoms with E-state index in [1.54, 1.807) is 54.6 Å². The number of nitrogens with one attached hydrogen (secondary N) is 1. The van der Waals surface area contributed by atoms with Gasteiger partial charge in [-0.1, -0.05) is 60.1 Å². The van der Waals surface area contributed by atoms with Crippen LogP contribution in [0.5, 0.6) is 5.75 Å². The van der Waals surface area contributed by atoms with Gasteiger partial charge >= 0.3 is 5.97 Å². The number of esters is 1. The third kappa shape index (κ3) is 5.07. The number of fused-ring (bicyclic) bond motifs is 1. The first-order valence-corrected chi connectivity index (χ1v) is 12.1. The predicted molar refractivity (Wildman–Crippen MR) is 144 cm³/mol. The summed E-state index contributed by atoms with van der Waals surface area (Å²) >= 11 is 5.99. The first kappa shape index (κ1) is 25.0. The molecule has 4 aromatic carbocycles. The zero-order chi connectivity index (χ0) is 26.8. The Hall–Kier alpha value is -4.69. The molecule has 0 radical (unpaired) electrons. The van der Waals surface area contributed by atoms with Crippen LogP contribution in [0.25, 0.3) is 10.8 Å². The molecule has 5 rings (SSSR count). The van der Waals surface area contributed by atoms with Gasteiger partial charge in [-0.25, -0.2) is 0 Å². The highest BCUT2D eigenvalue weighted by atomic mass is 35.5.